The Labute approximate surface area is 74.0 Å². The van der Waals surface area contributed by atoms with Gasteiger partial charge in [0.15, 0.2) is 5.69 Å². The summed E-state index contributed by atoms with van der Waals surface area (Å²) in [5.41, 5.74) is 6.92. The molecule has 0 saturated heterocycles. The second-order valence-electron chi connectivity index (χ2n) is 2.76. The number of aromatic nitrogens is 3. The number of H-pyrrole nitrogens is 1. The van der Waals surface area contributed by atoms with E-state index < -0.39 is 5.91 Å². The number of primary amides is 1. The molecule has 0 aromatic carbocycles. The summed E-state index contributed by atoms with van der Waals surface area (Å²) in [6.07, 6.45) is 1.65. The lowest BCUT2D eigenvalue weighted by Crippen LogP contribution is -2.12. The van der Waals surface area contributed by atoms with Gasteiger partial charge in [-0.1, -0.05) is 0 Å². The van der Waals surface area contributed by atoms with Gasteiger partial charge in [0, 0.05) is 11.9 Å². The van der Waals surface area contributed by atoms with Crippen LogP contribution in [0.25, 0.3) is 10.9 Å². The summed E-state index contributed by atoms with van der Waals surface area (Å²) in [6.45, 7) is 1.81. The van der Waals surface area contributed by atoms with Gasteiger partial charge >= 0.3 is 0 Å². The molecule has 3 N–H and O–H groups in total. The second kappa shape index (κ2) is 2.55. The lowest BCUT2D eigenvalue weighted by molar-refractivity contribution is 0.0997. The normalized spacial score (nSPS) is 10.5. The Bertz CT molecular complexity index is 474. The number of rotatable bonds is 1. The number of nitrogens with zero attached hydrogens (tertiary/aromatic N) is 2. The van der Waals surface area contributed by atoms with Gasteiger partial charge < -0.3 is 5.73 Å². The highest BCUT2D eigenvalue weighted by molar-refractivity contribution is 6.04. The summed E-state index contributed by atoms with van der Waals surface area (Å²) >= 11 is 0. The molecule has 2 rings (SSSR count). The van der Waals surface area contributed by atoms with Crippen molar-refractivity contribution in [1.82, 2.24) is 15.2 Å². The van der Waals surface area contributed by atoms with E-state index in [0.717, 1.165) is 11.2 Å². The van der Waals surface area contributed by atoms with Gasteiger partial charge in [0.2, 0.25) is 0 Å². The van der Waals surface area contributed by atoms with E-state index in [2.05, 4.69) is 15.2 Å². The van der Waals surface area contributed by atoms with Crippen molar-refractivity contribution in [2.24, 2.45) is 5.73 Å². The van der Waals surface area contributed by atoms with E-state index in [1.165, 1.54) is 0 Å². The summed E-state index contributed by atoms with van der Waals surface area (Å²) in [7, 11) is 0. The number of amides is 1. The van der Waals surface area contributed by atoms with Gasteiger partial charge in [-0.05, 0) is 13.0 Å². The Hall–Kier alpha value is -1.91. The maximum atomic E-state index is 10.9. The summed E-state index contributed by atoms with van der Waals surface area (Å²) in [6, 6.07) is 1.75. The third-order valence-corrected chi connectivity index (χ3v) is 1.90. The van der Waals surface area contributed by atoms with Crippen molar-refractivity contribution in [2.45, 2.75) is 6.92 Å². The highest BCUT2D eigenvalue weighted by atomic mass is 16.1. The molecular formula is C8H8N4O. The van der Waals surface area contributed by atoms with Crippen molar-refractivity contribution >= 4 is 16.8 Å². The van der Waals surface area contributed by atoms with E-state index in [1.54, 1.807) is 12.3 Å². The van der Waals surface area contributed by atoms with Crippen LogP contribution in [0.1, 0.15) is 16.2 Å². The van der Waals surface area contributed by atoms with Gasteiger partial charge in [0.1, 0.15) is 0 Å². The molecule has 2 aromatic rings. The minimum absolute atomic E-state index is 0.251. The molecule has 0 bridgehead atoms. The highest BCUT2D eigenvalue weighted by Crippen LogP contribution is 2.17. The number of fused-ring (bicyclic) bond motifs is 1. The van der Waals surface area contributed by atoms with Gasteiger partial charge in [-0.25, -0.2) is 0 Å². The standard InChI is InChI=1S/C8H8N4O/c1-4-6-5(2-3-10-4)11-12-7(6)8(9)13/h2-3H,1H3,(H2,9,13)(H,11,12). The molecule has 5 heteroatoms. The van der Waals surface area contributed by atoms with E-state index in [-0.39, 0.29) is 5.69 Å². The largest absolute Gasteiger partial charge is 0.364 e. The Morgan fingerprint density at radius 2 is 2.38 bits per heavy atom. The first kappa shape index (κ1) is 7.72. The van der Waals surface area contributed by atoms with Crippen LogP contribution in [-0.2, 0) is 0 Å². The lowest BCUT2D eigenvalue weighted by Gasteiger charge is -1.94. The van der Waals surface area contributed by atoms with Crippen molar-refractivity contribution in [3.8, 4) is 0 Å². The van der Waals surface area contributed by atoms with E-state index in [4.69, 9.17) is 5.73 Å². The Balaban J connectivity index is 2.86. The summed E-state index contributed by atoms with van der Waals surface area (Å²) in [4.78, 5) is 15.0. The zero-order valence-electron chi connectivity index (χ0n) is 7.03. The first-order chi connectivity index (χ1) is 6.20. The number of carbonyl (C=O) groups is 1. The highest BCUT2D eigenvalue weighted by Gasteiger charge is 2.12. The van der Waals surface area contributed by atoms with Gasteiger partial charge in [0.25, 0.3) is 5.91 Å². The Kier molecular flexibility index (Phi) is 1.51. The molecule has 66 valence electrons. The van der Waals surface area contributed by atoms with E-state index >= 15 is 0 Å². The van der Waals surface area contributed by atoms with Gasteiger partial charge in [-0.3, -0.25) is 14.9 Å². The zero-order chi connectivity index (χ0) is 9.42. The maximum absolute atomic E-state index is 10.9. The Morgan fingerprint density at radius 3 is 3.08 bits per heavy atom. The van der Waals surface area contributed by atoms with Crippen LogP contribution in [0, 0.1) is 6.92 Å². The minimum Gasteiger partial charge on any atom is -0.364 e. The van der Waals surface area contributed by atoms with Crippen molar-refractivity contribution < 1.29 is 4.79 Å². The van der Waals surface area contributed by atoms with Crippen LogP contribution in [0.15, 0.2) is 12.3 Å². The number of aryl methyl sites for hydroxylation is 1. The van der Waals surface area contributed by atoms with Crippen molar-refractivity contribution in [2.75, 3.05) is 0 Å². The van der Waals surface area contributed by atoms with Crippen molar-refractivity contribution in [3.63, 3.8) is 0 Å². The number of hydrogen-bond donors (Lipinski definition) is 2. The number of nitrogens with one attached hydrogen (secondary N) is 1. The van der Waals surface area contributed by atoms with Crippen molar-refractivity contribution in [1.29, 1.82) is 0 Å². The first-order valence-electron chi connectivity index (χ1n) is 3.79. The molecule has 0 aliphatic carbocycles. The smallest absolute Gasteiger partial charge is 0.269 e. The number of aromatic amines is 1. The molecule has 0 spiro atoms. The van der Waals surface area contributed by atoms with Crippen LogP contribution in [0.2, 0.25) is 0 Å². The van der Waals surface area contributed by atoms with E-state index in [9.17, 15) is 4.79 Å². The minimum atomic E-state index is -0.539. The first-order valence-corrected chi connectivity index (χ1v) is 3.79. The molecule has 13 heavy (non-hydrogen) atoms. The molecule has 2 heterocycles. The molecule has 0 atom stereocenters. The molecule has 0 unspecified atom stereocenters. The Morgan fingerprint density at radius 1 is 1.62 bits per heavy atom. The molecule has 0 aliphatic rings. The van der Waals surface area contributed by atoms with Crippen LogP contribution in [0.4, 0.5) is 0 Å². The predicted molar refractivity (Wildman–Crippen MR) is 47.1 cm³/mol. The van der Waals surface area contributed by atoms with Crippen LogP contribution >= 0.6 is 0 Å². The second-order valence-corrected chi connectivity index (χ2v) is 2.76. The average Bonchev–Trinajstić information content (AvgIpc) is 2.49. The average molecular weight is 176 g/mol. The molecule has 0 aliphatic heterocycles. The molecule has 0 saturated carbocycles. The molecule has 5 nitrogen and oxygen atoms in total. The predicted octanol–water partition coefficient (Wildman–Crippen LogP) is 0.365. The fraction of sp³-hybridized carbons (Fsp3) is 0.125. The van der Waals surface area contributed by atoms with Gasteiger partial charge in [-0.15, -0.1) is 0 Å². The van der Waals surface area contributed by atoms with Crippen LogP contribution in [0.3, 0.4) is 0 Å². The quantitative estimate of drug-likeness (QED) is 0.658. The monoisotopic (exact) mass is 176 g/mol. The van der Waals surface area contributed by atoms with Crippen LogP contribution in [-0.4, -0.2) is 21.1 Å². The maximum Gasteiger partial charge on any atom is 0.269 e. The van der Waals surface area contributed by atoms with Gasteiger partial charge in [0.05, 0.1) is 10.9 Å². The summed E-state index contributed by atoms with van der Waals surface area (Å²) < 4.78 is 0. The summed E-state index contributed by atoms with van der Waals surface area (Å²) in [5, 5.41) is 7.24. The lowest BCUT2D eigenvalue weighted by atomic mass is 10.2. The summed E-state index contributed by atoms with van der Waals surface area (Å²) in [5.74, 6) is -0.539. The third-order valence-electron chi connectivity index (χ3n) is 1.90. The van der Waals surface area contributed by atoms with Crippen molar-refractivity contribution in [3.05, 3.63) is 23.7 Å². The number of hydrogen-bond acceptors (Lipinski definition) is 3. The number of nitrogens with two attached hydrogens (primary N) is 1. The van der Waals surface area contributed by atoms with Crippen LogP contribution in [0.5, 0.6) is 0 Å². The molecule has 0 radical (unpaired) electrons. The zero-order valence-corrected chi connectivity index (χ0v) is 7.03. The molecule has 0 fully saturated rings. The SMILES string of the molecule is Cc1nccc2[nH]nc(C(N)=O)c12. The topological polar surface area (TPSA) is 84.7 Å². The number of pyridine rings is 1. The van der Waals surface area contributed by atoms with Gasteiger partial charge in [-0.2, -0.15) is 5.10 Å². The fourth-order valence-electron chi connectivity index (χ4n) is 1.31. The third kappa shape index (κ3) is 1.05. The van der Waals surface area contributed by atoms with E-state index in [0.29, 0.717) is 5.39 Å². The molecule has 1 amide bonds. The fourth-order valence-corrected chi connectivity index (χ4v) is 1.31. The molecule has 2 aromatic heterocycles. The number of carbonyl (C=O) groups excluding carboxylic acids is 1. The van der Waals surface area contributed by atoms with E-state index in [1.807, 2.05) is 6.92 Å². The molecular weight excluding hydrogens is 168 g/mol. The van der Waals surface area contributed by atoms with Crippen LogP contribution < -0.4 is 5.73 Å².